The van der Waals surface area contributed by atoms with Gasteiger partial charge in [-0.2, -0.15) is 0 Å². The Morgan fingerprint density at radius 1 is 1.18 bits per heavy atom. The number of nitrogens with one attached hydrogen (secondary N) is 1. The maximum absolute atomic E-state index is 5.33. The average molecular weight is 236 g/mol. The number of nitrogens with zero attached hydrogens (tertiary/aromatic N) is 1. The number of anilines is 1. The Hall–Kier alpha value is -1.42. The first-order chi connectivity index (χ1) is 8.15. The minimum Gasteiger partial charge on any atom is -0.493 e. The Balaban J connectivity index is 2.32. The first-order valence-electron chi connectivity index (χ1n) is 5.81. The van der Waals surface area contributed by atoms with Crippen LogP contribution in [0.15, 0.2) is 12.1 Å². The predicted octanol–water partition coefficient (Wildman–Crippen LogP) is 1.60. The highest BCUT2D eigenvalue weighted by Crippen LogP contribution is 2.35. The molecule has 1 unspecified atom stereocenters. The van der Waals surface area contributed by atoms with Crippen molar-refractivity contribution in [3.05, 3.63) is 17.7 Å². The topological polar surface area (TPSA) is 33.7 Å². The minimum atomic E-state index is 0.528. The molecule has 1 N–H and O–H groups in total. The quantitative estimate of drug-likeness (QED) is 0.864. The summed E-state index contributed by atoms with van der Waals surface area (Å²) in [6, 6.07) is 4.61. The summed E-state index contributed by atoms with van der Waals surface area (Å²) in [7, 11) is 7.55. The fourth-order valence-electron chi connectivity index (χ4n) is 2.17. The largest absolute Gasteiger partial charge is 0.493 e. The molecule has 0 bridgehead atoms. The van der Waals surface area contributed by atoms with Gasteiger partial charge in [0, 0.05) is 24.3 Å². The standard InChI is InChI=1S/C13H20N2O2/c1-15(2)10-5-9-6-12(16-3)13(17-4)7-11(9)14-8-10/h6-7,10,14H,5,8H2,1-4H3. The number of ether oxygens (including phenoxy) is 2. The van der Waals surface area contributed by atoms with Crippen molar-refractivity contribution < 1.29 is 9.47 Å². The van der Waals surface area contributed by atoms with Crippen LogP contribution < -0.4 is 14.8 Å². The Labute approximate surface area is 103 Å². The molecule has 1 atom stereocenters. The van der Waals surface area contributed by atoms with Crippen LogP contribution in [-0.2, 0) is 6.42 Å². The molecule has 1 heterocycles. The zero-order valence-electron chi connectivity index (χ0n) is 10.9. The third kappa shape index (κ3) is 2.31. The number of rotatable bonds is 3. The van der Waals surface area contributed by atoms with Crippen molar-refractivity contribution in [1.82, 2.24) is 4.90 Å². The highest BCUT2D eigenvalue weighted by atomic mass is 16.5. The van der Waals surface area contributed by atoms with Gasteiger partial charge in [0.25, 0.3) is 0 Å². The second-order valence-electron chi connectivity index (χ2n) is 4.57. The lowest BCUT2D eigenvalue weighted by molar-refractivity contribution is 0.298. The summed E-state index contributed by atoms with van der Waals surface area (Å²) < 4.78 is 10.6. The van der Waals surface area contributed by atoms with E-state index in [2.05, 4.69) is 30.4 Å². The SMILES string of the molecule is COc1cc2c(cc1OC)NCC(N(C)C)C2. The molecule has 1 aliphatic rings. The summed E-state index contributed by atoms with van der Waals surface area (Å²) in [6.45, 7) is 0.968. The van der Waals surface area contributed by atoms with Gasteiger partial charge in [0.15, 0.2) is 11.5 Å². The molecule has 1 aliphatic heterocycles. The van der Waals surface area contributed by atoms with E-state index in [0.717, 1.165) is 30.2 Å². The van der Waals surface area contributed by atoms with Gasteiger partial charge in [0.05, 0.1) is 14.2 Å². The van der Waals surface area contributed by atoms with Crippen LogP contribution in [0.25, 0.3) is 0 Å². The summed E-state index contributed by atoms with van der Waals surface area (Å²) in [5.41, 5.74) is 2.44. The molecule has 0 fully saturated rings. The molecule has 1 aromatic rings. The van der Waals surface area contributed by atoms with Crippen molar-refractivity contribution in [1.29, 1.82) is 0 Å². The lowest BCUT2D eigenvalue weighted by Crippen LogP contribution is -2.39. The first kappa shape index (κ1) is 12.0. The number of fused-ring (bicyclic) bond motifs is 1. The lowest BCUT2D eigenvalue weighted by Gasteiger charge is -2.31. The Morgan fingerprint density at radius 2 is 1.82 bits per heavy atom. The van der Waals surface area contributed by atoms with Crippen LogP contribution in [0.3, 0.4) is 0 Å². The number of likely N-dealkylation sites (N-methyl/N-ethyl adjacent to an activating group) is 1. The van der Waals surface area contributed by atoms with E-state index in [1.807, 2.05) is 6.07 Å². The van der Waals surface area contributed by atoms with Crippen molar-refractivity contribution in [2.24, 2.45) is 0 Å². The van der Waals surface area contributed by atoms with Crippen LogP contribution in [0.4, 0.5) is 5.69 Å². The number of methoxy groups -OCH3 is 2. The van der Waals surface area contributed by atoms with Gasteiger partial charge in [-0.3, -0.25) is 0 Å². The highest BCUT2D eigenvalue weighted by Gasteiger charge is 2.21. The summed E-state index contributed by atoms with van der Waals surface area (Å²) in [5, 5.41) is 3.44. The predicted molar refractivity (Wildman–Crippen MR) is 69.2 cm³/mol. The third-order valence-corrected chi connectivity index (χ3v) is 3.32. The lowest BCUT2D eigenvalue weighted by atomic mass is 9.98. The van der Waals surface area contributed by atoms with Crippen molar-refractivity contribution in [2.75, 3.05) is 40.2 Å². The van der Waals surface area contributed by atoms with Gasteiger partial charge in [-0.15, -0.1) is 0 Å². The zero-order chi connectivity index (χ0) is 12.4. The molecule has 4 nitrogen and oxygen atoms in total. The molecule has 0 spiro atoms. The molecule has 4 heteroatoms. The van der Waals surface area contributed by atoms with Crippen LogP contribution in [0.1, 0.15) is 5.56 Å². The Bertz CT molecular complexity index is 405. The van der Waals surface area contributed by atoms with E-state index in [1.54, 1.807) is 14.2 Å². The zero-order valence-corrected chi connectivity index (χ0v) is 10.9. The van der Waals surface area contributed by atoms with Crippen LogP contribution >= 0.6 is 0 Å². The molecule has 2 rings (SSSR count). The normalized spacial score (nSPS) is 18.5. The molecule has 94 valence electrons. The Morgan fingerprint density at radius 3 is 2.41 bits per heavy atom. The van der Waals surface area contributed by atoms with Gasteiger partial charge >= 0.3 is 0 Å². The molecule has 1 aromatic carbocycles. The fourth-order valence-corrected chi connectivity index (χ4v) is 2.17. The maximum atomic E-state index is 5.33. The number of hydrogen-bond donors (Lipinski definition) is 1. The summed E-state index contributed by atoms with van der Waals surface area (Å²) in [4.78, 5) is 2.24. The molecular formula is C13H20N2O2. The van der Waals surface area contributed by atoms with E-state index < -0.39 is 0 Å². The smallest absolute Gasteiger partial charge is 0.162 e. The van der Waals surface area contributed by atoms with E-state index >= 15 is 0 Å². The van der Waals surface area contributed by atoms with Crippen molar-refractivity contribution in [3.8, 4) is 11.5 Å². The molecule has 17 heavy (non-hydrogen) atoms. The van der Waals surface area contributed by atoms with E-state index in [4.69, 9.17) is 9.47 Å². The molecule has 0 aliphatic carbocycles. The number of benzene rings is 1. The van der Waals surface area contributed by atoms with Crippen molar-refractivity contribution in [2.45, 2.75) is 12.5 Å². The maximum Gasteiger partial charge on any atom is 0.162 e. The first-order valence-corrected chi connectivity index (χ1v) is 5.81. The van der Waals surface area contributed by atoms with Gasteiger partial charge in [-0.1, -0.05) is 0 Å². The second kappa shape index (κ2) is 4.84. The monoisotopic (exact) mass is 236 g/mol. The van der Waals surface area contributed by atoms with Gasteiger partial charge in [0.2, 0.25) is 0 Å². The van der Waals surface area contributed by atoms with Crippen LogP contribution in [0, 0.1) is 0 Å². The molecule has 0 saturated heterocycles. The van der Waals surface area contributed by atoms with E-state index in [-0.39, 0.29) is 0 Å². The molecule has 0 aromatic heterocycles. The molecular weight excluding hydrogens is 216 g/mol. The number of hydrogen-bond acceptors (Lipinski definition) is 4. The van der Waals surface area contributed by atoms with E-state index in [9.17, 15) is 0 Å². The fraction of sp³-hybridized carbons (Fsp3) is 0.538. The summed E-state index contributed by atoms with van der Waals surface area (Å²) >= 11 is 0. The van der Waals surface area contributed by atoms with Gasteiger partial charge in [-0.25, -0.2) is 0 Å². The summed E-state index contributed by atoms with van der Waals surface area (Å²) in [6.07, 6.45) is 1.04. The van der Waals surface area contributed by atoms with Crippen LogP contribution in [-0.4, -0.2) is 45.8 Å². The third-order valence-electron chi connectivity index (χ3n) is 3.32. The molecule has 0 radical (unpaired) electrons. The van der Waals surface area contributed by atoms with E-state index in [1.165, 1.54) is 5.56 Å². The van der Waals surface area contributed by atoms with Crippen molar-refractivity contribution >= 4 is 5.69 Å². The highest BCUT2D eigenvalue weighted by molar-refractivity contribution is 5.62. The summed E-state index contributed by atoms with van der Waals surface area (Å²) in [5.74, 6) is 1.58. The molecule has 0 amide bonds. The van der Waals surface area contributed by atoms with Gasteiger partial charge < -0.3 is 19.7 Å². The molecule has 0 saturated carbocycles. The second-order valence-corrected chi connectivity index (χ2v) is 4.57. The minimum absolute atomic E-state index is 0.528. The van der Waals surface area contributed by atoms with E-state index in [0.29, 0.717) is 6.04 Å². The van der Waals surface area contributed by atoms with Gasteiger partial charge in [0.1, 0.15) is 0 Å². The van der Waals surface area contributed by atoms with Crippen LogP contribution in [0.5, 0.6) is 11.5 Å². The average Bonchev–Trinajstić information content (AvgIpc) is 2.36. The van der Waals surface area contributed by atoms with Gasteiger partial charge in [-0.05, 0) is 32.1 Å². The van der Waals surface area contributed by atoms with Crippen LogP contribution in [0.2, 0.25) is 0 Å². The van der Waals surface area contributed by atoms with Crippen molar-refractivity contribution in [3.63, 3.8) is 0 Å². The Kier molecular flexibility index (Phi) is 3.43.